The number of thiazole rings is 1. The van der Waals surface area contributed by atoms with E-state index in [-0.39, 0.29) is 18.1 Å². The highest BCUT2D eigenvalue weighted by atomic mass is 79.9. The van der Waals surface area contributed by atoms with Gasteiger partial charge in [0.15, 0.2) is 4.96 Å². The van der Waals surface area contributed by atoms with Crippen molar-refractivity contribution in [1.29, 1.82) is 0 Å². The standard InChI is InChI=1S/C22H16BrN3O4S/c1-13-12-31-22-25-18(10-19(27)26(13)22)11-30-21(29)14-5-7-17(8-6-14)24-20(28)15-3-2-4-16(23)9-15/h2-10,12H,11H2,1H3,(H,24,28). The van der Waals surface area contributed by atoms with E-state index in [1.165, 1.54) is 21.8 Å². The van der Waals surface area contributed by atoms with Crippen molar-refractivity contribution in [3.05, 3.63) is 97.3 Å². The first-order valence-electron chi connectivity index (χ1n) is 9.21. The van der Waals surface area contributed by atoms with E-state index < -0.39 is 5.97 Å². The van der Waals surface area contributed by atoms with E-state index in [9.17, 15) is 14.4 Å². The highest BCUT2D eigenvalue weighted by molar-refractivity contribution is 9.10. The van der Waals surface area contributed by atoms with Crippen LogP contribution < -0.4 is 10.9 Å². The van der Waals surface area contributed by atoms with Gasteiger partial charge in [0.25, 0.3) is 11.5 Å². The van der Waals surface area contributed by atoms with Gasteiger partial charge < -0.3 is 10.1 Å². The van der Waals surface area contributed by atoms with Crippen LogP contribution in [0, 0.1) is 6.92 Å². The lowest BCUT2D eigenvalue weighted by Gasteiger charge is -2.08. The lowest BCUT2D eigenvalue weighted by Crippen LogP contribution is -2.16. The molecule has 0 aliphatic carbocycles. The van der Waals surface area contributed by atoms with Crippen molar-refractivity contribution in [2.45, 2.75) is 13.5 Å². The van der Waals surface area contributed by atoms with E-state index >= 15 is 0 Å². The number of benzene rings is 2. The molecule has 31 heavy (non-hydrogen) atoms. The van der Waals surface area contributed by atoms with E-state index in [0.717, 1.165) is 10.2 Å². The van der Waals surface area contributed by atoms with Gasteiger partial charge in [-0.1, -0.05) is 22.0 Å². The summed E-state index contributed by atoms with van der Waals surface area (Å²) in [6.45, 7) is 1.72. The lowest BCUT2D eigenvalue weighted by atomic mass is 10.2. The minimum absolute atomic E-state index is 0.108. The van der Waals surface area contributed by atoms with Gasteiger partial charge in [-0.15, -0.1) is 11.3 Å². The molecule has 156 valence electrons. The number of carbonyl (C=O) groups excluding carboxylic acids is 2. The summed E-state index contributed by atoms with van der Waals surface area (Å²) in [6.07, 6.45) is 0. The summed E-state index contributed by atoms with van der Waals surface area (Å²) in [5.41, 5.74) is 2.38. The molecule has 0 bridgehead atoms. The first kappa shape index (κ1) is 21.0. The molecule has 7 nitrogen and oxygen atoms in total. The second-order valence-electron chi connectivity index (χ2n) is 6.70. The first-order chi connectivity index (χ1) is 14.9. The smallest absolute Gasteiger partial charge is 0.338 e. The molecule has 2 heterocycles. The van der Waals surface area contributed by atoms with Crippen molar-refractivity contribution in [2.75, 3.05) is 5.32 Å². The summed E-state index contributed by atoms with van der Waals surface area (Å²) >= 11 is 4.69. The Hall–Kier alpha value is -3.30. The number of carbonyl (C=O) groups is 2. The molecule has 9 heteroatoms. The van der Waals surface area contributed by atoms with Gasteiger partial charge in [0.1, 0.15) is 6.61 Å². The third kappa shape index (κ3) is 4.73. The van der Waals surface area contributed by atoms with Gasteiger partial charge in [-0.05, 0) is 49.4 Å². The monoisotopic (exact) mass is 497 g/mol. The highest BCUT2D eigenvalue weighted by Gasteiger charge is 2.12. The van der Waals surface area contributed by atoms with Crippen molar-refractivity contribution >= 4 is 49.8 Å². The van der Waals surface area contributed by atoms with E-state index in [0.29, 0.717) is 27.5 Å². The molecule has 0 atom stereocenters. The normalized spacial score (nSPS) is 10.8. The van der Waals surface area contributed by atoms with Gasteiger partial charge in [0.2, 0.25) is 0 Å². The molecule has 1 N–H and O–H groups in total. The average Bonchev–Trinajstić information content (AvgIpc) is 3.13. The van der Waals surface area contributed by atoms with Crippen LogP contribution in [0.2, 0.25) is 0 Å². The van der Waals surface area contributed by atoms with Gasteiger partial charge in [0.05, 0.1) is 11.3 Å². The molecular formula is C22H16BrN3O4S. The number of nitrogens with one attached hydrogen (secondary N) is 1. The fraction of sp³-hybridized carbons (Fsp3) is 0.0909. The van der Waals surface area contributed by atoms with E-state index in [2.05, 4.69) is 26.2 Å². The Morgan fingerprint density at radius 2 is 1.90 bits per heavy atom. The summed E-state index contributed by atoms with van der Waals surface area (Å²) in [6, 6.07) is 14.8. The van der Waals surface area contributed by atoms with Crippen LogP contribution in [0.3, 0.4) is 0 Å². The van der Waals surface area contributed by atoms with E-state index in [1.54, 1.807) is 42.5 Å². The lowest BCUT2D eigenvalue weighted by molar-refractivity contribution is 0.0467. The zero-order valence-electron chi connectivity index (χ0n) is 16.3. The summed E-state index contributed by atoms with van der Waals surface area (Å²) < 4.78 is 7.61. The third-order valence-corrected chi connectivity index (χ3v) is 5.88. The van der Waals surface area contributed by atoms with Crippen LogP contribution in [-0.2, 0) is 11.3 Å². The van der Waals surface area contributed by atoms with Crippen LogP contribution in [-0.4, -0.2) is 21.3 Å². The molecule has 4 rings (SSSR count). The number of halogens is 1. The molecule has 4 aromatic rings. The molecule has 2 aromatic heterocycles. The van der Waals surface area contributed by atoms with Gasteiger partial charge in [-0.2, -0.15) is 0 Å². The molecular weight excluding hydrogens is 482 g/mol. The van der Waals surface area contributed by atoms with Crippen molar-refractivity contribution in [3.63, 3.8) is 0 Å². The number of aromatic nitrogens is 2. The van der Waals surface area contributed by atoms with E-state index in [1.807, 2.05) is 18.4 Å². The summed E-state index contributed by atoms with van der Waals surface area (Å²) in [5, 5.41) is 4.62. The molecule has 0 aliphatic heterocycles. The topological polar surface area (TPSA) is 89.8 Å². The highest BCUT2D eigenvalue weighted by Crippen LogP contribution is 2.16. The van der Waals surface area contributed by atoms with Crippen LogP contribution >= 0.6 is 27.3 Å². The second-order valence-corrected chi connectivity index (χ2v) is 8.45. The Morgan fingerprint density at radius 3 is 2.65 bits per heavy atom. The minimum atomic E-state index is -0.547. The maximum atomic E-state index is 12.3. The predicted molar refractivity (Wildman–Crippen MR) is 122 cm³/mol. The maximum absolute atomic E-state index is 12.3. The summed E-state index contributed by atoms with van der Waals surface area (Å²) in [7, 11) is 0. The van der Waals surface area contributed by atoms with Crippen LogP contribution in [0.25, 0.3) is 4.96 Å². The van der Waals surface area contributed by atoms with Crippen molar-refractivity contribution in [1.82, 2.24) is 9.38 Å². The van der Waals surface area contributed by atoms with Crippen LogP contribution in [0.4, 0.5) is 5.69 Å². The second kappa shape index (κ2) is 8.83. The Morgan fingerprint density at radius 1 is 1.13 bits per heavy atom. The Kier molecular flexibility index (Phi) is 5.97. The van der Waals surface area contributed by atoms with Crippen molar-refractivity contribution < 1.29 is 14.3 Å². The molecule has 2 aromatic carbocycles. The molecule has 0 saturated heterocycles. The zero-order chi connectivity index (χ0) is 22.0. The first-order valence-corrected chi connectivity index (χ1v) is 10.9. The maximum Gasteiger partial charge on any atom is 0.338 e. The van der Waals surface area contributed by atoms with E-state index in [4.69, 9.17) is 4.74 Å². The van der Waals surface area contributed by atoms with Gasteiger partial charge in [0, 0.05) is 32.9 Å². The third-order valence-electron chi connectivity index (χ3n) is 4.45. The Labute approximate surface area is 189 Å². The number of aryl methyl sites for hydroxylation is 1. The molecule has 0 radical (unpaired) electrons. The van der Waals surface area contributed by atoms with Crippen molar-refractivity contribution in [3.8, 4) is 0 Å². The van der Waals surface area contributed by atoms with Gasteiger partial charge in [-0.3, -0.25) is 14.0 Å². The fourth-order valence-electron chi connectivity index (χ4n) is 2.92. The van der Waals surface area contributed by atoms with Gasteiger partial charge in [-0.25, -0.2) is 9.78 Å². The largest absolute Gasteiger partial charge is 0.456 e. The summed E-state index contributed by atoms with van der Waals surface area (Å²) in [4.78, 5) is 41.8. The number of fused-ring (bicyclic) bond motifs is 1. The van der Waals surface area contributed by atoms with Crippen LogP contribution in [0.1, 0.15) is 32.1 Å². The molecule has 0 aliphatic rings. The number of rotatable bonds is 5. The number of hydrogen-bond donors (Lipinski definition) is 1. The number of ether oxygens (including phenoxy) is 1. The average molecular weight is 498 g/mol. The Bertz CT molecular complexity index is 1350. The van der Waals surface area contributed by atoms with Crippen molar-refractivity contribution in [2.24, 2.45) is 0 Å². The quantitative estimate of drug-likeness (QED) is 0.411. The molecule has 0 unspecified atom stereocenters. The fourth-order valence-corrected chi connectivity index (χ4v) is 4.21. The minimum Gasteiger partial charge on any atom is -0.456 e. The molecule has 0 spiro atoms. The number of anilines is 1. The number of hydrogen-bond acceptors (Lipinski definition) is 6. The zero-order valence-corrected chi connectivity index (χ0v) is 18.7. The predicted octanol–water partition coefficient (Wildman–Crippen LogP) is 4.44. The molecule has 0 fully saturated rings. The number of nitrogens with zero attached hydrogens (tertiary/aromatic N) is 2. The number of amides is 1. The molecule has 1 amide bonds. The van der Waals surface area contributed by atoms with Gasteiger partial charge >= 0.3 is 5.97 Å². The van der Waals surface area contributed by atoms with Crippen LogP contribution in [0.15, 0.2) is 69.2 Å². The Balaban J connectivity index is 1.39. The summed E-state index contributed by atoms with van der Waals surface area (Å²) in [5.74, 6) is -0.803. The van der Waals surface area contributed by atoms with Crippen LogP contribution in [0.5, 0.6) is 0 Å². The number of esters is 1. The SMILES string of the molecule is Cc1csc2nc(COC(=O)c3ccc(NC(=O)c4cccc(Br)c4)cc3)cc(=O)n12. The molecule has 0 saturated carbocycles.